The maximum absolute atomic E-state index is 14.8. The molecule has 4 aromatic rings. The summed E-state index contributed by atoms with van der Waals surface area (Å²) in [5.41, 5.74) is 3.43. The Hall–Kier alpha value is -4.37. The standard InChI is InChI=1S/C28H27FN4O3.H3N/c1-4-18-10-15-23-22(21(18)5-2)8-7-9-27(23)36-28-17-25(30-6-3)24(29)16-26(28)32-31-19-11-13-20(14-12-19)33(34)35;/h7-17,30H,4-6H2,1-3H3;1H3. The van der Waals surface area contributed by atoms with Crippen molar-refractivity contribution in [3.05, 3.63) is 93.8 Å². The number of nitro groups is 1. The van der Waals surface area contributed by atoms with Crippen molar-refractivity contribution >= 4 is 33.5 Å². The summed E-state index contributed by atoms with van der Waals surface area (Å²) in [5.74, 6) is 0.481. The fraction of sp³-hybridized carbons (Fsp3) is 0.214. The summed E-state index contributed by atoms with van der Waals surface area (Å²) in [4.78, 5) is 10.4. The number of azo groups is 1. The first-order chi connectivity index (χ1) is 17.4. The Kier molecular flexibility index (Phi) is 8.86. The number of halogens is 1. The highest BCUT2D eigenvalue weighted by atomic mass is 19.1. The molecule has 0 bridgehead atoms. The van der Waals surface area contributed by atoms with Crippen LogP contribution >= 0.6 is 0 Å². The number of ether oxygens (including phenoxy) is 1. The molecule has 4 N–H and O–H groups in total. The van der Waals surface area contributed by atoms with Gasteiger partial charge in [0.15, 0.2) is 5.75 Å². The molecule has 4 rings (SSSR count). The molecular formula is C28H30FN5O3. The summed E-state index contributed by atoms with van der Waals surface area (Å²) < 4.78 is 21.1. The van der Waals surface area contributed by atoms with E-state index in [2.05, 4.69) is 47.6 Å². The van der Waals surface area contributed by atoms with E-state index in [9.17, 15) is 14.5 Å². The number of hydrogen-bond acceptors (Lipinski definition) is 7. The first-order valence-electron chi connectivity index (χ1n) is 11.9. The topological polar surface area (TPSA) is 124 Å². The molecule has 9 heteroatoms. The first-order valence-corrected chi connectivity index (χ1v) is 11.9. The van der Waals surface area contributed by atoms with Crippen LogP contribution in [0, 0.1) is 15.9 Å². The highest BCUT2D eigenvalue weighted by Gasteiger charge is 2.15. The van der Waals surface area contributed by atoms with E-state index in [-0.39, 0.29) is 17.5 Å². The van der Waals surface area contributed by atoms with Gasteiger partial charge in [0.05, 0.1) is 16.3 Å². The van der Waals surface area contributed by atoms with E-state index in [1.807, 2.05) is 19.1 Å². The van der Waals surface area contributed by atoms with Crippen LogP contribution < -0.4 is 16.2 Å². The lowest BCUT2D eigenvalue weighted by Crippen LogP contribution is -2.00. The quantitative estimate of drug-likeness (QED) is 0.134. The molecule has 0 saturated heterocycles. The van der Waals surface area contributed by atoms with Crippen molar-refractivity contribution in [3.63, 3.8) is 0 Å². The number of benzene rings is 4. The average molecular weight is 504 g/mol. The van der Waals surface area contributed by atoms with Crippen molar-refractivity contribution in [1.82, 2.24) is 6.15 Å². The third kappa shape index (κ3) is 5.90. The van der Waals surface area contributed by atoms with Gasteiger partial charge in [-0.05, 0) is 54.5 Å². The van der Waals surface area contributed by atoms with Crippen LogP contribution in [0.25, 0.3) is 10.8 Å². The second kappa shape index (κ2) is 12.0. The molecule has 0 aromatic heterocycles. The zero-order chi connectivity index (χ0) is 25.7. The van der Waals surface area contributed by atoms with Crippen LogP contribution in [-0.4, -0.2) is 11.5 Å². The summed E-state index contributed by atoms with van der Waals surface area (Å²) >= 11 is 0. The van der Waals surface area contributed by atoms with E-state index in [1.165, 1.54) is 41.5 Å². The second-order valence-electron chi connectivity index (χ2n) is 8.17. The number of nitrogens with one attached hydrogen (secondary N) is 1. The van der Waals surface area contributed by atoms with Gasteiger partial charge in [0.25, 0.3) is 5.69 Å². The van der Waals surface area contributed by atoms with E-state index in [1.54, 1.807) is 6.07 Å². The second-order valence-corrected chi connectivity index (χ2v) is 8.17. The van der Waals surface area contributed by atoms with Crippen molar-refractivity contribution in [2.75, 3.05) is 11.9 Å². The molecule has 0 atom stereocenters. The zero-order valence-electron chi connectivity index (χ0n) is 21.1. The summed E-state index contributed by atoms with van der Waals surface area (Å²) in [7, 11) is 0. The van der Waals surface area contributed by atoms with Crippen molar-refractivity contribution in [3.8, 4) is 11.5 Å². The number of non-ortho nitro benzene ring substituents is 1. The van der Waals surface area contributed by atoms with Gasteiger partial charge in [0, 0.05) is 36.2 Å². The van der Waals surface area contributed by atoms with Crippen LogP contribution in [0.2, 0.25) is 0 Å². The lowest BCUT2D eigenvalue weighted by molar-refractivity contribution is -0.384. The Bertz CT molecular complexity index is 1440. The maximum Gasteiger partial charge on any atom is 0.269 e. The molecule has 0 saturated carbocycles. The van der Waals surface area contributed by atoms with Crippen molar-refractivity contribution in [1.29, 1.82) is 0 Å². The van der Waals surface area contributed by atoms with Gasteiger partial charge in [-0.3, -0.25) is 10.1 Å². The molecule has 0 heterocycles. The van der Waals surface area contributed by atoms with E-state index < -0.39 is 10.7 Å². The van der Waals surface area contributed by atoms with Crippen molar-refractivity contribution in [2.45, 2.75) is 33.6 Å². The van der Waals surface area contributed by atoms with E-state index >= 15 is 0 Å². The maximum atomic E-state index is 14.8. The Balaban J connectivity index is 0.00000380. The van der Waals surface area contributed by atoms with Crippen LogP contribution in [0.4, 0.5) is 27.1 Å². The average Bonchev–Trinajstić information content (AvgIpc) is 2.89. The summed E-state index contributed by atoms with van der Waals surface area (Å²) in [6, 6.07) is 18.6. The Labute approximate surface area is 214 Å². The van der Waals surface area contributed by atoms with Crippen LogP contribution in [0.1, 0.15) is 31.9 Å². The Morgan fingerprint density at radius 2 is 1.68 bits per heavy atom. The number of rotatable bonds is 9. The molecule has 0 unspecified atom stereocenters. The summed E-state index contributed by atoms with van der Waals surface area (Å²) in [6.45, 7) is 6.70. The van der Waals surface area contributed by atoms with E-state index in [0.29, 0.717) is 29.4 Å². The number of anilines is 1. The molecule has 0 amide bonds. The lowest BCUT2D eigenvalue weighted by Gasteiger charge is -2.16. The fourth-order valence-electron chi connectivity index (χ4n) is 4.17. The minimum Gasteiger partial charge on any atom is -0.454 e. The van der Waals surface area contributed by atoms with Gasteiger partial charge in [0.2, 0.25) is 0 Å². The van der Waals surface area contributed by atoms with Gasteiger partial charge in [0.1, 0.15) is 17.3 Å². The van der Waals surface area contributed by atoms with Crippen LogP contribution in [-0.2, 0) is 12.8 Å². The number of fused-ring (bicyclic) bond motifs is 1. The van der Waals surface area contributed by atoms with Gasteiger partial charge in [-0.1, -0.05) is 38.1 Å². The Morgan fingerprint density at radius 1 is 0.919 bits per heavy atom. The first kappa shape index (κ1) is 27.2. The monoisotopic (exact) mass is 503 g/mol. The van der Waals surface area contributed by atoms with Gasteiger partial charge >= 0.3 is 0 Å². The molecule has 4 aromatic carbocycles. The van der Waals surface area contributed by atoms with Crippen molar-refractivity contribution < 1.29 is 14.1 Å². The number of nitrogens with zero attached hydrogens (tertiary/aromatic N) is 3. The fourth-order valence-corrected chi connectivity index (χ4v) is 4.17. The molecule has 8 nitrogen and oxygen atoms in total. The molecular weight excluding hydrogens is 473 g/mol. The molecule has 0 fully saturated rings. The van der Waals surface area contributed by atoms with Gasteiger partial charge in [-0.15, -0.1) is 5.11 Å². The number of aryl methyl sites for hydroxylation is 2. The zero-order valence-corrected chi connectivity index (χ0v) is 21.1. The largest absolute Gasteiger partial charge is 0.454 e. The molecule has 0 aliphatic rings. The third-order valence-electron chi connectivity index (χ3n) is 5.93. The normalized spacial score (nSPS) is 10.9. The summed E-state index contributed by atoms with van der Waals surface area (Å²) in [6.07, 6.45) is 1.85. The van der Waals surface area contributed by atoms with Gasteiger partial charge in [-0.25, -0.2) is 4.39 Å². The molecule has 37 heavy (non-hydrogen) atoms. The van der Waals surface area contributed by atoms with Crippen molar-refractivity contribution in [2.24, 2.45) is 10.2 Å². The highest BCUT2D eigenvalue weighted by molar-refractivity contribution is 5.92. The number of hydrogen-bond donors (Lipinski definition) is 2. The molecule has 0 aliphatic carbocycles. The lowest BCUT2D eigenvalue weighted by atomic mass is 9.95. The molecule has 0 spiro atoms. The molecule has 0 aliphatic heterocycles. The van der Waals surface area contributed by atoms with Crippen LogP contribution in [0.3, 0.4) is 0 Å². The van der Waals surface area contributed by atoms with Crippen LogP contribution in [0.15, 0.2) is 77.0 Å². The highest BCUT2D eigenvalue weighted by Crippen LogP contribution is 2.40. The van der Waals surface area contributed by atoms with Crippen LogP contribution in [0.5, 0.6) is 11.5 Å². The predicted molar refractivity (Wildman–Crippen MR) is 146 cm³/mol. The summed E-state index contributed by atoms with van der Waals surface area (Å²) in [5, 5.41) is 24.3. The molecule has 0 radical (unpaired) electrons. The van der Waals surface area contributed by atoms with Gasteiger partial charge < -0.3 is 16.2 Å². The minimum absolute atomic E-state index is 0. The number of nitro benzene ring substituents is 1. The predicted octanol–water partition coefficient (Wildman–Crippen LogP) is 8.81. The van der Waals surface area contributed by atoms with E-state index in [0.717, 1.165) is 23.6 Å². The Morgan fingerprint density at radius 3 is 2.32 bits per heavy atom. The van der Waals surface area contributed by atoms with E-state index in [4.69, 9.17) is 4.74 Å². The SMILES string of the molecule is CCNc1cc(Oc2cccc3c(CC)c(CC)ccc23)c(N=Nc2ccc([N+](=O)[O-])cc2)cc1F.N. The minimum atomic E-state index is -0.487. The third-order valence-corrected chi connectivity index (χ3v) is 5.93. The smallest absolute Gasteiger partial charge is 0.269 e. The molecule has 192 valence electrons. The van der Waals surface area contributed by atoms with Gasteiger partial charge in [-0.2, -0.15) is 5.11 Å².